The van der Waals surface area contributed by atoms with E-state index >= 15 is 0 Å². The number of esters is 2. The van der Waals surface area contributed by atoms with Crippen molar-refractivity contribution in [2.24, 2.45) is 29.1 Å². The molecule has 2 bridgehead atoms. The minimum Gasteiger partial charge on any atom is -0.469 e. The number of hydrogen-bond acceptors (Lipinski definition) is 7. The van der Waals surface area contributed by atoms with Gasteiger partial charge in [-0.25, -0.2) is 9.78 Å². The van der Waals surface area contributed by atoms with Crippen LogP contribution < -0.4 is 0 Å². The Morgan fingerprint density at radius 3 is 2.67 bits per heavy atom. The van der Waals surface area contributed by atoms with Gasteiger partial charge in [0, 0.05) is 18.3 Å². The van der Waals surface area contributed by atoms with Crippen molar-refractivity contribution >= 4 is 11.9 Å². The standard InChI is InChI=1S/C20H30O7/c1-11-6-7-14-12(10-18(2,3)16(22)23-5)15(21)24-17-20(14)13(11)8-9-19(4,25-17)26-27-20/h11-14,17H,6-10H2,1-5H3/t11-,12-,13+,14+,17-,19-,20-/m1/s1. The van der Waals surface area contributed by atoms with Crippen LogP contribution in [0.1, 0.15) is 59.8 Å². The fourth-order valence-electron chi connectivity index (χ4n) is 5.75. The second-order valence-electron chi connectivity index (χ2n) is 9.53. The second-order valence-corrected chi connectivity index (χ2v) is 9.53. The zero-order valence-corrected chi connectivity index (χ0v) is 16.8. The van der Waals surface area contributed by atoms with E-state index in [1.807, 2.05) is 6.92 Å². The highest BCUT2D eigenvalue weighted by atomic mass is 17.3. The predicted molar refractivity (Wildman–Crippen MR) is 92.8 cm³/mol. The van der Waals surface area contributed by atoms with Crippen molar-refractivity contribution in [2.75, 3.05) is 7.11 Å². The highest BCUT2D eigenvalue weighted by molar-refractivity contribution is 5.79. The van der Waals surface area contributed by atoms with Crippen molar-refractivity contribution in [3.8, 4) is 0 Å². The lowest BCUT2D eigenvalue weighted by atomic mass is 9.56. The first-order valence-corrected chi connectivity index (χ1v) is 9.96. The monoisotopic (exact) mass is 382 g/mol. The Kier molecular flexibility index (Phi) is 4.37. The molecule has 0 radical (unpaired) electrons. The third-order valence-electron chi connectivity index (χ3n) is 7.26. The zero-order chi connectivity index (χ0) is 19.6. The van der Waals surface area contributed by atoms with Gasteiger partial charge in [0.25, 0.3) is 0 Å². The van der Waals surface area contributed by atoms with E-state index in [4.69, 9.17) is 24.0 Å². The number of carbonyl (C=O) groups excluding carboxylic acids is 2. The van der Waals surface area contributed by atoms with Gasteiger partial charge in [-0.1, -0.05) is 6.92 Å². The zero-order valence-electron chi connectivity index (χ0n) is 16.8. The van der Waals surface area contributed by atoms with Crippen molar-refractivity contribution in [3.05, 3.63) is 0 Å². The van der Waals surface area contributed by atoms with Crippen LogP contribution in [0.4, 0.5) is 0 Å². The summed E-state index contributed by atoms with van der Waals surface area (Å²) >= 11 is 0. The van der Waals surface area contributed by atoms with E-state index in [9.17, 15) is 9.59 Å². The van der Waals surface area contributed by atoms with Crippen molar-refractivity contribution in [1.82, 2.24) is 0 Å². The van der Waals surface area contributed by atoms with Gasteiger partial charge in [0.1, 0.15) is 0 Å². The smallest absolute Gasteiger partial charge is 0.311 e. The fraction of sp³-hybridized carbons (Fsp3) is 0.900. The molecule has 7 atom stereocenters. The SMILES string of the molecule is COC(=O)C(C)(C)C[C@H]1C(=O)O[C@@H]2O[C@@]3(C)CC[C@H]4[C@H](C)CC[C@@H]1[C@@]24OO3. The number of fused-ring (bicyclic) bond motifs is 2. The summed E-state index contributed by atoms with van der Waals surface area (Å²) in [6, 6.07) is 0. The molecule has 5 fully saturated rings. The Labute approximate surface area is 159 Å². The molecule has 5 aliphatic rings. The van der Waals surface area contributed by atoms with Crippen molar-refractivity contribution in [2.45, 2.75) is 77.5 Å². The molecule has 152 valence electrons. The Morgan fingerprint density at radius 2 is 1.96 bits per heavy atom. The van der Waals surface area contributed by atoms with Crippen LogP contribution in [-0.2, 0) is 33.6 Å². The number of methoxy groups -OCH3 is 1. The Morgan fingerprint density at radius 1 is 1.22 bits per heavy atom. The van der Waals surface area contributed by atoms with Gasteiger partial charge in [-0.05, 0) is 52.4 Å². The average Bonchev–Trinajstić information content (AvgIpc) is 2.84. The molecule has 4 heterocycles. The number of carbonyl (C=O) groups is 2. The van der Waals surface area contributed by atoms with Gasteiger partial charge in [-0.2, -0.15) is 0 Å². The molecular weight excluding hydrogens is 352 g/mol. The van der Waals surface area contributed by atoms with Crippen LogP contribution in [0.25, 0.3) is 0 Å². The first-order valence-electron chi connectivity index (χ1n) is 9.96. The largest absolute Gasteiger partial charge is 0.469 e. The van der Waals surface area contributed by atoms with E-state index in [2.05, 4.69) is 6.92 Å². The Hall–Kier alpha value is -1.18. The maximum absolute atomic E-state index is 13.0. The van der Waals surface area contributed by atoms with Crippen LogP contribution in [0.3, 0.4) is 0 Å². The van der Waals surface area contributed by atoms with Gasteiger partial charge in [0.2, 0.25) is 12.1 Å². The van der Waals surface area contributed by atoms with Crippen LogP contribution in [-0.4, -0.2) is 36.7 Å². The van der Waals surface area contributed by atoms with Gasteiger partial charge in [-0.3, -0.25) is 9.59 Å². The molecule has 0 unspecified atom stereocenters. The molecule has 4 aliphatic heterocycles. The van der Waals surface area contributed by atoms with Crippen LogP contribution in [0.2, 0.25) is 0 Å². The lowest BCUT2D eigenvalue weighted by Gasteiger charge is -2.58. The maximum atomic E-state index is 13.0. The molecule has 5 rings (SSSR count). The van der Waals surface area contributed by atoms with E-state index in [1.54, 1.807) is 13.8 Å². The van der Waals surface area contributed by atoms with E-state index in [0.717, 1.165) is 19.3 Å². The minimum absolute atomic E-state index is 0.114. The van der Waals surface area contributed by atoms with Gasteiger partial charge in [-0.15, -0.1) is 0 Å². The summed E-state index contributed by atoms with van der Waals surface area (Å²) < 4.78 is 16.9. The van der Waals surface area contributed by atoms with E-state index in [1.165, 1.54) is 7.11 Å². The summed E-state index contributed by atoms with van der Waals surface area (Å²) in [6.45, 7) is 7.66. The lowest BCUT2D eigenvalue weighted by Crippen LogP contribution is -2.70. The summed E-state index contributed by atoms with van der Waals surface area (Å²) in [5.74, 6) is -1.51. The molecule has 0 aromatic rings. The summed E-state index contributed by atoms with van der Waals surface area (Å²) in [7, 11) is 1.37. The highest BCUT2D eigenvalue weighted by Gasteiger charge is 2.71. The first kappa shape index (κ1) is 19.2. The molecule has 0 amide bonds. The Bertz CT molecular complexity index is 646. The molecule has 0 aromatic carbocycles. The molecule has 0 aromatic heterocycles. The summed E-state index contributed by atoms with van der Waals surface area (Å²) in [6.07, 6.45) is 3.00. The average molecular weight is 382 g/mol. The molecule has 7 heteroatoms. The fourth-order valence-corrected chi connectivity index (χ4v) is 5.75. The summed E-state index contributed by atoms with van der Waals surface area (Å²) in [4.78, 5) is 37.0. The van der Waals surface area contributed by atoms with Crippen LogP contribution in [0, 0.1) is 29.1 Å². The van der Waals surface area contributed by atoms with Crippen LogP contribution >= 0.6 is 0 Å². The molecule has 0 N–H and O–H groups in total. The Balaban J connectivity index is 1.72. The normalized spacial score (nSPS) is 46.3. The minimum atomic E-state index is -0.893. The molecule has 1 spiro atoms. The van der Waals surface area contributed by atoms with E-state index in [-0.39, 0.29) is 23.8 Å². The van der Waals surface area contributed by atoms with E-state index < -0.39 is 29.0 Å². The molecular formula is C20H30O7. The predicted octanol–water partition coefficient (Wildman–Crippen LogP) is 2.96. The van der Waals surface area contributed by atoms with Gasteiger partial charge in [0.15, 0.2) is 5.60 Å². The number of rotatable bonds is 3. The van der Waals surface area contributed by atoms with Crippen molar-refractivity contribution in [3.63, 3.8) is 0 Å². The summed E-state index contributed by atoms with van der Waals surface area (Å²) in [5, 5.41) is 0. The molecule has 27 heavy (non-hydrogen) atoms. The lowest BCUT2D eigenvalue weighted by molar-refractivity contribution is -0.559. The van der Waals surface area contributed by atoms with Gasteiger partial charge in [0.05, 0.1) is 18.4 Å². The third kappa shape index (κ3) is 2.73. The molecule has 1 aliphatic carbocycles. The van der Waals surface area contributed by atoms with Crippen LogP contribution in [0.15, 0.2) is 0 Å². The molecule has 7 nitrogen and oxygen atoms in total. The maximum Gasteiger partial charge on any atom is 0.311 e. The summed E-state index contributed by atoms with van der Waals surface area (Å²) in [5.41, 5.74) is -1.60. The first-order chi connectivity index (χ1) is 12.6. The van der Waals surface area contributed by atoms with Crippen molar-refractivity contribution in [1.29, 1.82) is 0 Å². The highest BCUT2D eigenvalue weighted by Crippen LogP contribution is 2.60. The van der Waals surface area contributed by atoms with Gasteiger partial charge < -0.3 is 14.2 Å². The quantitative estimate of drug-likeness (QED) is 0.548. The number of ether oxygens (including phenoxy) is 3. The topological polar surface area (TPSA) is 80.3 Å². The molecule has 1 saturated carbocycles. The van der Waals surface area contributed by atoms with Crippen molar-refractivity contribution < 1.29 is 33.6 Å². The van der Waals surface area contributed by atoms with Crippen LogP contribution in [0.5, 0.6) is 0 Å². The third-order valence-corrected chi connectivity index (χ3v) is 7.26. The van der Waals surface area contributed by atoms with E-state index in [0.29, 0.717) is 18.8 Å². The molecule has 4 saturated heterocycles. The number of hydrogen-bond donors (Lipinski definition) is 0. The second kappa shape index (κ2) is 6.16. The van der Waals surface area contributed by atoms with Gasteiger partial charge >= 0.3 is 11.9 Å².